The first-order valence-electron chi connectivity index (χ1n) is 3.97. The van der Waals surface area contributed by atoms with E-state index in [-0.39, 0.29) is 12.2 Å². The maximum Gasteiger partial charge on any atom is 0.0590 e. The fourth-order valence-electron chi connectivity index (χ4n) is 1.61. The van der Waals surface area contributed by atoms with Gasteiger partial charge in [0.25, 0.3) is 0 Å². The predicted octanol–water partition coefficient (Wildman–Crippen LogP) is 0.774. The van der Waals surface area contributed by atoms with Crippen molar-refractivity contribution < 1.29 is 10.2 Å². The molecule has 0 radical (unpaired) electrons. The monoisotopic (exact) mass is 144 g/mol. The van der Waals surface area contributed by atoms with E-state index in [2.05, 4.69) is 0 Å². The van der Waals surface area contributed by atoms with Gasteiger partial charge in [-0.3, -0.25) is 0 Å². The van der Waals surface area contributed by atoms with Gasteiger partial charge < -0.3 is 10.2 Å². The fraction of sp³-hybridized carbons (Fsp3) is 1.00. The van der Waals surface area contributed by atoms with E-state index in [1.54, 1.807) is 0 Å². The maximum absolute atomic E-state index is 9.31. The van der Waals surface area contributed by atoms with Gasteiger partial charge in [0.05, 0.1) is 12.2 Å². The van der Waals surface area contributed by atoms with Crippen molar-refractivity contribution in [1.29, 1.82) is 0 Å². The summed E-state index contributed by atoms with van der Waals surface area (Å²) in [6, 6.07) is 0. The Morgan fingerprint density at radius 2 is 1.30 bits per heavy atom. The fourth-order valence-corrected chi connectivity index (χ4v) is 1.61. The lowest BCUT2D eigenvalue weighted by Crippen LogP contribution is -2.35. The topological polar surface area (TPSA) is 40.5 Å². The molecule has 4 atom stereocenters. The molecule has 10 heavy (non-hydrogen) atoms. The summed E-state index contributed by atoms with van der Waals surface area (Å²) >= 11 is 0. The predicted molar refractivity (Wildman–Crippen MR) is 39.6 cm³/mol. The van der Waals surface area contributed by atoms with E-state index in [0.717, 1.165) is 6.42 Å². The van der Waals surface area contributed by atoms with Crippen LogP contribution in [0.4, 0.5) is 0 Å². The van der Waals surface area contributed by atoms with Crippen LogP contribution in [0.1, 0.15) is 26.7 Å². The summed E-state index contributed by atoms with van der Waals surface area (Å²) in [4.78, 5) is 0. The first-order chi connectivity index (χ1) is 4.61. The van der Waals surface area contributed by atoms with E-state index in [1.165, 1.54) is 0 Å². The molecule has 0 heterocycles. The van der Waals surface area contributed by atoms with Crippen LogP contribution in [-0.2, 0) is 0 Å². The smallest absolute Gasteiger partial charge is 0.0590 e. The highest BCUT2D eigenvalue weighted by molar-refractivity contribution is 4.80. The highest BCUT2D eigenvalue weighted by Crippen LogP contribution is 2.28. The lowest BCUT2D eigenvalue weighted by Gasteiger charge is -2.33. The van der Waals surface area contributed by atoms with Gasteiger partial charge in [0.2, 0.25) is 0 Å². The van der Waals surface area contributed by atoms with Crippen molar-refractivity contribution in [3.05, 3.63) is 0 Å². The lowest BCUT2D eigenvalue weighted by atomic mass is 9.79. The first-order valence-corrected chi connectivity index (χ1v) is 3.97. The standard InChI is InChI=1S/C8H16O2/c1-5-3-6(2)8(10)4-7(5)9/h5-10H,3-4H2,1-2H3/t5-,6-,7-,8+/m0/s1. The molecule has 2 heteroatoms. The van der Waals surface area contributed by atoms with E-state index in [1.807, 2.05) is 13.8 Å². The van der Waals surface area contributed by atoms with Gasteiger partial charge in [0.15, 0.2) is 0 Å². The minimum Gasteiger partial charge on any atom is -0.393 e. The highest BCUT2D eigenvalue weighted by Gasteiger charge is 2.29. The Kier molecular flexibility index (Phi) is 2.32. The molecule has 1 fully saturated rings. The summed E-state index contributed by atoms with van der Waals surface area (Å²) in [5.74, 6) is 0.719. The van der Waals surface area contributed by atoms with E-state index in [9.17, 15) is 10.2 Å². The van der Waals surface area contributed by atoms with E-state index >= 15 is 0 Å². The van der Waals surface area contributed by atoms with Gasteiger partial charge in [-0.1, -0.05) is 13.8 Å². The first kappa shape index (κ1) is 8.02. The third kappa shape index (κ3) is 1.50. The van der Waals surface area contributed by atoms with Gasteiger partial charge in [0.1, 0.15) is 0 Å². The SMILES string of the molecule is C[C@H]1C[C@H](C)[C@@H](O)C[C@H]1O. The Bertz CT molecular complexity index is 87.8. The van der Waals surface area contributed by atoms with Gasteiger partial charge in [0, 0.05) is 0 Å². The second-order valence-corrected chi connectivity index (χ2v) is 3.56. The van der Waals surface area contributed by atoms with Crippen molar-refractivity contribution in [3.63, 3.8) is 0 Å². The normalized spacial score (nSPS) is 49.2. The van der Waals surface area contributed by atoms with Crippen molar-refractivity contribution >= 4 is 0 Å². The molecule has 0 spiro atoms. The van der Waals surface area contributed by atoms with Gasteiger partial charge in [-0.2, -0.15) is 0 Å². The number of aliphatic hydroxyl groups excluding tert-OH is 2. The molecule has 0 amide bonds. The van der Waals surface area contributed by atoms with E-state index < -0.39 is 0 Å². The average molecular weight is 144 g/mol. The molecular weight excluding hydrogens is 128 g/mol. The molecule has 2 nitrogen and oxygen atoms in total. The van der Waals surface area contributed by atoms with Crippen molar-refractivity contribution in [3.8, 4) is 0 Å². The molecule has 0 aliphatic heterocycles. The van der Waals surface area contributed by atoms with Crippen molar-refractivity contribution in [2.24, 2.45) is 11.8 Å². The van der Waals surface area contributed by atoms with Crippen LogP contribution in [0.15, 0.2) is 0 Å². The third-order valence-corrected chi connectivity index (χ3v) is 2.54. The van der Waals surface area contributed by atoms with Crippen LogP contribution < -0.4 is 0 Å². The highest BCUT2D eigenvalue weighted by atomic mass is 16.3. The van der Waals surface area contributed by atoms with Crippen LogP contribution >= 0.6 is 0 Å². The lowest BCUT2D eigenvalue weighted by molar-refractivity contribution is -0.0237. The molecule has 1 saturated carbocycles. The van der Waals surface area contributed by atoms with Gasteiger partial charge in [-0.05, 0) is 24.7 Å². The van der Waals surface area contributed by atoms with Crippen LogP contribution in [-0.4, -0.2) is 22.4 Å². The minimum absolute atomic E-state index is 0.286. The van der Waals surface area contributed by atoms with Crippen molar-refractivity contribution in [2.45, 2.75) is 38.9 Å². The minimum atomic E-state index is -0.286. The Labute approximate surface area is 61.9 Å². The summed E-state index contributed by atoms with van der Waals surface area (Å²) in [6.45, 7) is 4.07. The molecule has 60 valence electrons. The molecule has 1 aliphatic rings. The molecule has 0 bridgehead atoms. The number of hydrogen-bond acceptors (Lipinski definition) is 2. The third-order valence-electron chi connectivity index (χ3n) is 2.54. The number of hydrogen-bond donors (Lipinski definition) is 2. The molecular formula is C8H16O2. The summed E-state index contributed by atoms with van der Waals surface area (Å²) in [6.07, 6.45) is 0.933. The number of aliphatic hydroxyl groups is 2. The molecule has 2 N–H and O–H groups in total. The summed E-state index contributed by atoms with van der Waals surface area (Å²) in [5, 5.41) is 18.6. The van der Waals surface area contributed by atoms with Crippen LogP contribution in [0.5, 0.6) is 0 Å². The second kappa shape index (κ2) is 2.89. The van der Waals surface area contributed by atoms with Crippen LogP contribution in [0.25, 0.3) is 0 Å². The van der Waals surface area contributed by atoms with Crippen molar-refractivity contribution in [2.75, 3.05) is 0 Å². The number of rotatable bonds is 0. The Morgan fingerprint density at radius 3 is 1.60 bits per heavy atom. The van der Waals surface area contributed by atoms with Gasteiger partial charge >= 0.3 is 0 Å². The van der Waals surface area contributed by atoms with Crippen LogP contribution in [0.3, 0.4) is 0 Å². The van der Waals surface area contributed by atoms with Crippen molar-refractivity contribution in [1.82, 2.24) is 0 Å². The summed E-state index contributed by atoms with van der Waals surface area (Å²) in [7, 11) is 0. The molecule has 0 saturated heterocycles. The molecule has 1 rings (SSSR count). The zero-order valence-electron chi connectivity index (χ0n) is 6.62. The summed E-state index contributed by atoms with van der Waals surface area (Å²) in [5.41, 5.74) is 0. The van der Waals surface area contributed by atoms with Gasteiger partial charge in [-0.25, -0.2) is 0 Å². The van der Waals surface area contributed by atoms with Crippen LogP contribution in [0.2, 0.25) is 0 Å². The molecule has 0 aromatic carbocycles. The molecule has 1 aliphatic carbocycles. The molecule has 0 aromatic heterocycles. The zero-order chi connectivity index (χ0) is 7.72. The Balaban J connectivity index is 2.46. The second-order valence-electron chi connectivity index (χ2n) is 3.56. The van der Waals surface area contributed by atoms with Gasteiger partial charge in [-0.15, -0.1) is 0 Å². The summed E-state index contributed by atoms with van der Waals surface area (Å²) < 4.78 is 0. The molecule has 0 aromatic rings. The maximum atomic E-state index is 9.31. The Morgan fingerprint density at radius 1 is 0.900 bits per heavy atom. The average Bonchev–Trinajstić information content (AvgIpc) is 1.84. The van der Waals surface area contributed by atoms with Crippen LogP contribution in [0, 0.1) is 11.8 Å². The Hall–Kier alpha value is -0.0800. The van der Waals surface area contributed by atoms with E-state index in [4.69, 9.17) is 0 Å². The largest absolute Gasteiger partial charge is 0.393 e. The van der Waals surface area contributed by atoms with E-state index in [0.29, 0.717) is 18.3 Å². The quantitative estimate of drug-likeness (QED) is 0.527. The molecule has 0 unspecified atom stereocenters. The zero-order valence-corrected chi connectivity index (χ0v) is 6.62.